The smallest absolute Gasteiger partial charge is 0.103 e. The third-order valence-corrected chi connectivity index (χ3v) is 6.12. The number of hydrogen-bond acceptors (Lipinski definition) is 3. The molecule has 1 unspecified atom stereocenters. The van der Waals surface area contributed by atoms with Gasteiger partial charge in [-0.2, -0.15) is 0 Å². The van der Waals surface area contributed by atoms with Crippen LogP contribution in [0.3, 0.4) is 0 Å². The average molecular weight is 283 g/mol. The van der Waals surface area contributed by atoms with Gasteiger partial charge in [0.05, 0.1) is 11.2 Å². The molecule has 1 heterocycles. The van der Waals surface area contributed by atoms with Crippen molar-refractivity contribution in [2.75, 3.05) is 6.54 Å². The molecule has 0 aromatic rings. The zero-order chi connectivity index (χ0) is 15.2. The highest BCUT2D eigenvalue weighted by atomic mass is 16.5. The van der Waals surface area contributed by atoms with E-state index < -0.39 is 11.2 Å². The molecule has 0 spiro atoms. The van der Waals surface area contributed by atoms with Crippen molar-refractivity contribution in [3.63, 3.8) is 0 Å². The van der Waals surface area contributed by atoms with Gasteiger partial charge in [-0.3, -0.25) is 0 Å². The summed E-state index contributed by atoms with van der Waals surface area (Å²) in [6.07, 6.45) is 6.35. The number of aliphatic hydroxyl groups is 1. The van der Waals surface area contributed by atoms with Gasteiger partial charge in [-0.05, 0) is 59.3 Å². The summed E-state index contributed by atoms with van der Waals surface area (Å²) in [6.45, 7) is 11.0. The van der Waals surface area contributed by atoms with Crippen molar-refractivity contribution in [2.45, 2.75) is 89.9 Å². The van der Waals surface area contributed by atoms with Crippen LogP contribution in [0, 0.1) is 11.3 Å². The third-order valence-electron chi connectivity index (χ3n) is 6.12. The maximum Gasteiger partial charge on any atom is 0.103 e. The fourth-order valence-electron chi connectivity index (χ4n) is 4.89. The Balaban J connectivity index is 2.31. The second-order valence-electron chi connectivity index (χ2n) is 8.25. The van der Waals surface area contributed by atoms with Crippen LogP contribution < -0.4 is 5.73 Å². The molecule has 1 aliphatic heterocycles. The van der Waals surface area contributed by atoms with Crippen LogP contribution in [-0.4, -0.2) is 28.5 Å². The van der Waals surface area contributed by atoms with Crippen LogP contribution in [0.2, 0.25) is 0 Å². The van der Waals surface area contributed by atoms with Crippen molar-refractivity contribution >= 4 is 0 Å². The summed E-state index contributed by atoms with van der Waals surface area (Å²) in [5, 5.41) is 11.6. The Kier molecular flexibility index (Phi) is 4.03. The summed E-state index contributed by atoms with van der Waals surface area (Å²) in [5.41, 5.74) is 4.37. The second kappa shape index (κ2) is 4.96. The Hall–Kier alpha value is -0.120. The molecule has 0 aromatic heterocycles. The molecule has 2 rings (SSSR count). The highest BCUT2D eigenvalue weighted by Gasteiger charge is 2.65. The van der Waals surface area contributed by atoms with Gasteiger partial charge in [0, 0.05) is 18.4 Å². The largest absolute Gasteiger partial charge is 0.386 e. The highest BCUT2D eigenvalue weighted by Crippen LogP contribution is 2.58. The molecule has 2 aliphatic rings. The first-order valence-corrected chi connectivity index (χ1v) is 8.24. The maximum absolute atomic E-state index is 11.6. The monoisotopic (exact) mass is 283 g/mol. The molecule has 0 aromatic carbocycles. The Bertz CT molecular complexity index is 356. The van der Waals surface area contributed by atoms with E-state index in [4.69, 9.17) is 10.5 Å². The van der Waals surface area contributed by atoms with Crippen molar-refractivity contribution in [1.29, 1.82) is 0 Å². The third kappa shape index (κ3) is 2.32. The maximum atomic E-state index is 11.6. The molecule has 0 radical (unpaired) electrons. The summed E-state index contributed by atoms with van der Waals surface area (Å²) in [4.78, 5) is 0. The minimum Gasteiger partial charge on any atom is -0.386 e. The van der Waals surface area contributed by atoms with E-state index in [0.717, 1.165) is 18.8 Å². The summed E-state index contributed by atoms with van der Waals surface area (Å²) in [7, 11) is 0. The minimum absolute atomic E-state index is 0.185. The molecule has 0 bridgehead atoms. The molecule has 1 saturated heterocycles. The van der Waals surface area contributed by atoms with Crippen LogP contribution >= 0.6 is 0 Å². The number of rotatable bonds is 3. The fourth-order valence-corrected chi connectivity index (χ4v) is 4.89. The zero-order valence-electron chi connectivity index (χ0n) is 14.0. The summed E-state index contributed by atoms with van der Waals surface area (Å²) in [5.74, 6) is 0.803. The van der Waals surface area contributed by atoms with Crippen molar-refractivity contribution in [2.24, 2.45) is 17.1 Å². The molecule has 3 heteroatoms. The first kappa shape index (κ1) is 16.3. The quantitative estimate of drug-likeness (QED) is 0.836. The van der Waals surface area contributed by atoms with Crippen molar-refractivity contribution in [3.05, 3.63) is 0 Å². The van der Waals surface area contributed by atoms with E-state index in [-0.39, 0.29) is 11.0 Å². The van der Waals surface area contributed by atoms with Gasteiger partial charge in [0.2, 0.25) is 0 Å². The van der Waals surface area contributed by atoms with Gasteiger partial charge in [-0.15, -0.1) is 0 Å². The molecular weight excluding hydrogens is 250 g/mol. The molecule has 3 nitrogen and oxygen atoms in total. The zero-order valence-corrected chi connectivity index (χ0v) is 14.0. The van der Waals surface area contributed by atoms with Crippen molar-refractivity contribution in [3.8, 4) is 0 Å². The SMILES string of the molecule is CCC1CCC(CN)(C2(O)CC(C)(C)OC2(C)C)CC1. The highest BCUT2D eigenvalue weighted by molar-refractivity contribution is 5.16. The van der Waals surface area contributed by atoms with E-state index in [1.54, 1.807) is 0 Å². The van der Waals surface area contributed by atoms with E-state index >= 15 is 0 Å². The summed E-state index contributed by atoms with van der Waals surface area (Å²) < 4.78 is 6.18. The Labute approximate surface area is 124 Å². The Morgan fingerprint density at radius 1 is 1.15 bits per heavy atom. The standard InChI is InChI=1S/C17H33NO2/c1-6-13-7-9-16(12-18,10-8-13)17(19)11-14(2,3)20-15(17,4)5/h13,19H,6-12,18H2,1-5H3. The van der Waals surface area contributed by atoms with Crippen LogP contribution in [0.1, 0.15) is 73.1 Å². The lowest BCUT2D eigenvalue weighted by Crippen LogP contribution is -2.62. The lowest BCUT2D eigenvalue weighted by atomic mass is 9.55. The fraction of sp³-hybridized carbons (Fsp3) is 1.00. The van der Waals surface area contributed by atoms with Crippen LogP contribution in [0.25, 0.3) is 0 Å². The van der Waals surface area contributed by atoms with E-state index in [9.17, 15) is 5.11 Å². The Morgan fingerprint density at radius 2 is 1.70 bits per heavy atom. The average Bonchev–Trinajstić information content (AvgIpc) is 2.54. The molecule has 1 atom stereocenters. The van der Waals surface area contributed by atoms with E-state index in [2.05, 4.69) is 20.8 Å². The topological polar surface area (TPSA) is 55.5 Å². The van der Waals surface area contributed by atoms with Crippen molar-refractivity contribution in [1.82, 2.24) is 0 Å². The minimum atomic E-state index is -0.822. The van der Waals surface area contributed by atoms with E-state index in [1.807, 2.05) is 13.8 Å². The van der Waals surface area contributed by atoms with Gasteiger partial charge >= 0.3 is 0 Å². The van der Waals surface area contributed by atoms with Gasteiger partial charge in [0.25, 0.3) is 0 Å². The van der Waals surface area contributed by atoms with Gasteiger partial charge < -0.3 is 15.6 Å². The first-order chi connectivity index (χ1) is 9.11. The van der Waals surface area contributed by atoms with Gasteiger partial charge in [-0.25, -0.2) is 0 Å². The van der Waals surface area contributed by atoms with Crippen LogP contribution in [0.4, 0.5) is 0 Å². The molecular formula is C17H33NO2. The van der Waals surface area contributed by atoms with Crippen LogP contribution in [0.15, 0.2) is 0 Å². The van der Waals surface area contributed by atoms with Gasteiger partial charge in [0.1, 0.15) is 5.60 Å². The van der Waals surface area contributed by atoms with Crippen LogP contribution in [0.5, 0.6) is 0 Å². The Morgan fingerprint density at radius 3 is 2.05 bits per heavy atom. The molecule has 0 amide bonds. The lowest BCUT2D eigenvalue weighted by molar-refractivity contribution is -0.187. The summed E-state index contributed by atoms with van der Waals surface area (Å²) >= 11 is 0. The first-order valence-electron chi connectivity index (χ1n) is 8.24. The predicted molar refractivity (Wildman–Crippen MR) is 82.5 cm³/mol. The molecule has 20 heavy (non-hydrogen) atoms. The lowest BCUT2D eigenvalue weighted by Gasteiger charge is -2.53. The number of nitrogens with two attached hydrogens (primary N) is 1. The number of hydrogen-bond donors (Lipinski definition) is 2. The molecule has 118 valence electrons. The van der Waals surface area contributed by atoms with Crippen molar-refractivity contribution < 1.29 is 9.84 Å². The second-order valence-corrected chi connectivity index (χ2v) is 8.25. The van der Waals surface area contributed by atoms with E-state index in [1.165, 1.54) is 19.3 Å². The van der Waals surface area contributed by atoms with E-state index in [0.29, 0.717) is 13.0 Å². The predicted octanol–water partition coefficient (Wildman–Crippen LogP) is 3.24. The molecule has 2 fully saturated rings. The van der Waals surface area contributed by atoms with Crippen LogP contribution in [-0.2, 0) is 4.74 Å². The van der Waals surface area contributed by atoms with Gasteiger partial charge in [-0.1, -0.05) is 13.3 Å². The molecule has 1 saturated carbocycles. The number of ether oxygens (including phenoxy) is 1. The normalized spacial score (nSPS) is 43.6. The molecule has 3 N–H and O–H groups in total. The summed E-state index contributed by atoms with van der Waals surface area (Å²) in [6, 6.07) is 0. The molecule has 1 aliphatic carbocycles. The van der Waals surface area contributed by atoms with Gasteiger partial charge in [0.15, 0.2) is 0 Å².